The van der Waals surface area contributed by atoms with E-state index in [2.05, 4.69) is 21.1 Å². The van der Waals surface area contributed by atoms with Gasteiger partial charge < -0.3 is 23.6 Å². The fourth-order valence-corrected chi connectivity index (χ4v) is 3.29. The van der Waals surface area contributed by atoms with E-state index in [1.807, 2.05) is 45.2 Å². The third-order valence-corrected chi connectivity index (χ3v) is 5.21. The highest BCUT2D eigenvalue weighted by Gasteiger charge is 2.06. The first kappa shape index (κ1) is 25.3. The largest absolute Gasteiger partial charge is 0.488 e. The number of nitrogens with zero attached hydrogens (tertiary/aromatic N) is 2. The molecule has 2 rings (SSSR count). The number of benzene rings is 1. The summed E-state index contributed by atoms with van der Waals surface area (Å²) in [6, 6.07) is 7.54. The van der Waals surface area contributed by atoms with Crippen LogP contribution in [0.15, 0.2) is 41.1 Å². The number of allylic oxidation sites excluding steroid dienone is 1. The minimum atomic E-state index is -0.854. The predicted octanol–water partition coefficient (Wildman–Crippen LogP) is 4.72. The van der Waals surface area contributed by atoms with Crippen LogP contribution < -0.4 is 10.1 Å². The van der Waals surface area contributed by atoms with Crippen LogP contribution in [0, 0.1) is 18.3 Å². The number of rotatable bonds is 11. The van der Waals surface area contributed by atoms with Crippen molar-refractivity contribution < 1.29 is 23.1 Å². The summed E-state index contributed by atoms with van der Waals surface area (Å²) >= 11 is 0. The number of hydrogen-bond acceptors (Lipinski definition) is 8. The molecule has 30 heavy (non-hydrogen) atoms. The number of aryl methyl sites for hydroxylation is 1. The first-order chi connectivity index (χ1) is 14.6. The number of aldehydes is 1. The second kappa shape index (κ2) is 15.2. The Kier molecular flexibility index (Phi) is 12.8. The zero-order chi connectivity index (χ0) is 22.2. The van der Waals surface area contributed by atoms with Gasteiger partial charge in [0, 0.05) is 25.0 Å². The third kappa shape index (κ3) is 9.19. The maximum absolute atomic E-state index is 9.99. The van der Waals surface area contributed by atoms with E-state index in [-0.39, 0.29) is 0 Å². The van der Waals surface area contributed by atoms with E-state index in [0.717, 1.165) is 11.8 Å². The highest BCUT2D eigenvalue weighted by molar-refractivity contribution is 7.47. The van der Waals surface area contributed by atoms with Crippen LogP contribution in [0.5, 0.6) is 5.75 Å². The Balaban J connectivity index is 0.000000467. The first-order valence-electron chi connectivity index (χ1n) is 9.49. The standard InChI is InChI=1S/C16H23N2O3P.C5H5NO2/c1-4-20-22(21-5-2)11-7-6-10-19-16-12-15(18-3)9-8-14(16)13-17;1-4-5(3-7)2-6-8-4/h6-9,12,18H,4-5,10-11H2,1-3H3;2-3H,1H3/b7-6+;. The van der Waals surface area contributed by atoms with Crippen molar-refractivity contribution in [2.75, 3.05) is 38.3 Å². The van der Waals surface area contributed by atoms with Gasteiger partial charge in [-0.3, -0.25) is 4.79 Å². The topological polar surface area (TPSA) is 107 Å². The van der Waals surface area contributed by atoms with E-state index >= 15 is 0 Å². The van der Waals surface area contributed by atoms with Crippen LogP contribution in [-0.2, 0) is 9.05 Å². The van der Waals surface area contributed by atoms with Gasteiger partial charge in [-0.1, -0.05) is 17.3 Å². The fourth-order valence-electron chi connectivity index (χ4n) is 2.11. The third-order valence-electron chi connectivity index (χ3n) is 3.61. The molecule has 0 aliphatic carbocycles. The van der Waals surface area contributed by atoms with Gasteiger partial charge in [-0.05, 0) is 32.9 Å². The zero-order valence-electron chi connectivity index (χ0n) is 17.8. The summed E-state index contributed by atoms with van der Waals surface area (Å²) in [7, 11) is 0.975. The van der Waals surface area contributed by atoms with Gasteiger partial charge in [-0.2, -0.15) is 5.26 Å². The Hall–Kier alpha value is -2.72. The summed E-state index contributed by atoms with van der Waals surface area (Å²) < 4.78 is 21.2. The van der Waals surface area contributed by atoms with Gasteiger partial charge in [-0.25, -0.2) is 0 Å². The summed E-state index contributed by atoms with van der Waals surface area (Å²) in [5.41, 5.74) is 1.96. The molecule has 0 unspecified atom stereocenters. The number of hydrogen-bond donors (Lipinski definition) is 1. The van der Waals surface area contributed by atoms with Crippen molar-refractivity contribution in [1.29, 1.82) is 5.26 Å². The number of anilines is 1. The lowest BCUT2D eigenvalue weighted by atomic mass is 10.2. The molecule has 2 aromatic rings. The summed E-state index contributed by atoms with van der Waals surface area (Å²) in [6.07, 6.45) is 6.75. The Morgan fingerprint density at radius 3 is 2.50 bits per heavy atom. The molecule has 8 nitrogen and oxygen atoms in total. The molecule has 1 heterocycles. The molecule has 1 N–H and O–H groups in total. The van der Waals surface area contributed by atoms with Crippen molar-refractivity contribution in [3.05, 3.63) is 53.4 Å². The van der Waals surface area contributed by atoms with Crippen molar-refractivity contribution in [3.63, 3.8) is 0 Å². The minimum Gasteiger partial charge on any atom is -0.488 e. The quantitative estimate of drug-likeness (QED) is 0.308. The SMILES string of the molecule is CCOP(C/C=C/COc1cc(NC)ccc1C#N)OCC.Cc1oncc1C=O. The normalized spacial score (nSPS) is 10.4. The van der Waals surface area contributed by atoms with Crippen LogP contribution in [0.1, 0.15) is 35.5 Å². The van der Waals surface area contributed by atoms with Gasteiger partial charge in [0.25, 0.3) is 0 Å². The lowest BCUT2D eigenvalue weighted by Gasteiger charge is -2.13. The highest BCUT2D eigenvalue weighted by Crippen LogP contribution is 2.37. The van der Waals surface area contributed by atoms with Gasteiger partial charge in [0.2, 0.25) is 0 Å². The Morgan fingerprint density at radius 1 is 1.27 bits per heavy atom. The molecule has 0 aliphatic rings. The van der Waals surface area contributed by atoms with Crippen molar-refractivity contribution in [3.8, 4) is 11.8 Å². The number of aromatic nitrogens is 1. The van der Waals surface area contributed by atoms with Crippen LogP contribution in [0.3, 0.4) is 0 Å². The first-order valence-corrected chi connectivity index (χ1v) is 10.8. The minimum absolute atomic E-state index is 0.406. The molecule has 0 radical (unpaired) electrons. The predicted molar refractivity (Wildman–Crippen MR) is 117 cm³/mol. The molecule has 1 aromatic carbocycles. The Labute approximate surface area is 178 Å². The molecular formula is C21H28N3O5P. The van der Waals surface area contributed by atoms with Gasteiger partial charge in [0.1, 0.15) is 24.2 Å². The number of nitrogens with one attached hydrogen (secondary N) is 1. The van der Waals surface area contributed by atoms with Crippen LogP contribution in [0.25, 0.3) is 0 Å². The molecule has 0 amide bonds. The molecule has 162 valence electrons. The fraction of sp³-hybridized carbons (Fsp3) is 0.381. The number of carbonyl (C=O) groups is 1. The van der Waals surface area contributed by atoms with Crippen LogP contribution >= 0.6 is 8.38 Å². The molecule has 0 spiro atoms. The summed E-state index contributed by atoms with van der Waals surface area (Å²) in [5, 5.41) is 15.5. The molecule has 0 aliphatic heterocycles. The van der Waals surface area contributed by atoms with E-state index in [9.17, 15) is 4.79 Å². The molecule has 0 saturated carbocycles. The van der Waals surface area contributed by atoms with E-state index in [0.29, 0.717) is 48.7 Å². The van der Waals surface area contributed by atoms with Crippen LogP contribution in [-0.4, -0.2) is 44.5 Å². The van der Waals surface area contributed by atoms with Crippen LogP contribution in [0.4, 0.5) is 5.69 Å². The van der Waals surface area contributed by atoms with Crippen molar-refractivity contribution in [2.24, 2.45) is 0 Å². The second-order valence-electron chi connectivity index (χ2n) is 5.66. The molecule has 1 aromatic heterocycles. The van der Waals surface area contributed by atoms with Gasteiger partial charge in [-0.15, -0.1) is 0 Å². The average Bonchev–Trinajstić information content (AvgIpc) is 3.19. The zero-order valence-corrected chi connectivity index (χ0v) is 18.6. The van der Waals surface area contributed by atoms with Crippen molar-refractivity contribution >= 4 is 20.3 Å². The van der Waals surface area contributed by atoms with E-state index in [4.69, 9.17) is 19.0 Å². The summed E-state index contributed by atoms with van der Waals surface area (Å²) in [4.78, 5) is 9.99. The average molecular weight is 433 g/mol. The highest BCUT2D eigenvalue weighted by atomic mass is 31.2. The van der Waals surface area contributed by atoms with Crippen molar-refractivity contribution in [2.45, 2.75) is 20.8 Å². The van der Waals surface area contributed by atoms with E-state index < -0.39 is 8.38 Å². The van der Waals surface area contributed by atoms with Crippen molar-refractivity contribution in [1.82, 2.24) is 5.16 Å². The van der Waals surface area contributed by atoms with Crippen LogP contribution in [0.2, 0.25) is 0 Å². The number of ether oxygens (including phenoxy) is 1. The lowest BCUT2D eigenvalue weighted by molar-refractivity contribution is 0.112. The van der Waals surface area contributed by atoms with Gasteiger partial charge >= 0.3 is 0 Å². The second-order valence-corrected chi connectivity index (χ2v) is 7.21. The maximum Gasteiger partial charge on any atom is 0.174 e. The molecule has 0 saturated heterocycles. The van der Waals surface area contributed by atoms with Gasteiger partial charge in [0.15, 0.2) is 14.7 Å². The smallest absolute Gasteiger partial charge is 0.174 e. The number of nitriles is 1. The molecule has 0 fully saturated rings. The maximum atomic E-state index is 9.99. The molecule has 0 bridgehead atoms. The van der Waals surface area contributed by atoms with E-state index in [1.165, 1.54) is 6.20 Å². The summed E-state index contributed by atoms with van der Waals surface area (Å²) in [5.74, 6) is 1.15. The lowest BCUT2D eigenvalue weighted by Crippen LogP contribution is -1.98. The Bertz CT molecular complexity index is 826. The monoisotopic (exact) mass is 433 g/mol. The Morgan fingerprint density at radius 2 is 2.00 bits per heavy atom. The molecule has 9 heteroatoms. The van der Waals surface area contributed by atoms with E-state index in [1.54, 1.807) is 13.0 Å². The number of carbonyl (C=O) groups excluding carboxylic acids is 1. The molecule has 0 atom stereocenters. The summed E-state index contributed by atoms with van der Waals surface area (Å²) in [6.45, 7) is 7.31. The van der Waals surface area contributed by atoms with Gasteiger partial charge in [0.05, 0.1) is 30.5 Å². The molecular weight excluding hydrogens is 405 g/mol.